The van der Waals surface area contributed by atoms with Gasteiger partial charge in [0.05, 0.1) is 11.7 Å². The van der Waals surface area contributed by atoms with E-state index in [-0.39, 0.29) is 34.8 Å². The number of aromatic hydroxyl groups is 2. The largest absolute Gasteiger partial charge is 0.508 e. The molecule has 0 saturated carbocycles. The Morgan fingerprint density at radius 3 is 2.50 bits per heavy atom. The van der Waals surface area contributed by atoms with Crippen molar-refractivity contribution >= 4 is 5.78 Å². The van der Waals surface area contributed by atoms with E-state index in [1.165, 1.54) is 12.1 Å². The molecule has 4 heteroatoms. The molecule has 0 unspecified atom stereocenters. The van der Waals surface area contributed by atoms with Gasteiger partial charge >= 0.3 is 0 Å². The van der Waals surface area contributed by atoms with Crippen molar-refractivity contribution < 1.29 is 20.1 Å². The third-order valence-electron chi connectivity index (χ3n) is 2.46. The fourth-order valence-electron chi connectivity index (χ4n) is 1.76. The molecule has 1 aromatic carbocycles. The highest BCUT2D eigenvalue weighted by Gasteiger charge is 2.29. The summed E-state index contributed by atoms with van der Waals surface area (Å²) in [5.74, 6) is -0.557. The molecule has 74 valence electrons. The summed E-state index contributed by atoms with van der Waals surface area (Å²) in [6.07, 6.45) is -0.372. The number of Topliss-reactive ketones (excluding diaryl/α,β-unsaturated/α-hetero) is 1. The zero-order valence-electron chi connectivity index (χ0n) is 7.40. The molecule has 2 rings (SSSR count). The summed E-state index contributed by atoms with van der Waals surface area (Å²) in [5.41, 5.74) is 0.213. The average Bonchev–Trinajstić information content (AvgIpc) is 2.16. The molecule has 0 heterocycles. The Kier molecular flexibility index (Phi) is 1.93. The number of rotatable bonds is 0. The molecule has 1 aromatic rings. The number of benzene rings is 1. The van der Waals surface area contributed by atoms with E-state index in [1.807, 2.05) is 0 Å². The smallest absolute Gasteiger partial charge is 0.167 e. The second kappa shape index (κ2) is 2.99. The Balaban J connectivity index is 2.71. The molecule has 0 aromatic heterocycles. The van der Waals surface area contributed by atoms with E-state index in [1.54, 1.807) is 0 Å². The number of aliphatic hydroxyl groups is 1. The monoisotopic (exact) mass is 194 g/mol. The van der Waals surface area contributed by atoms with Gasteiger partial charge in [0.1, 0.15) is 11.5 Å². The van der Waals surface area contributed by atoms with Crippen LogP contribution in [0.3, 0.4) is 0 Å². The molecule has 14 heavy (non-hydrogen) atoms. The van der Waals surface area contributed by atoms with Crippen molar-refractivity contribution in [2.75, 3.05) is 0 Å². The van der Waals surface area contributed by atoms with Gasteiger partial charge in [0.15, 0.2) is 5.78 Å². The Morgan fingerprint density at radius 2 is 1.86 bits per heavy atom. The number of carbonyl (C=O) groups is 1. The van der Waals surface area contributed by atoms with Crippen molar-refractivity contribution in [1.82, 2.24) is 0 Å². The topological polar surface area (TPSA) is 77.8 Å². The molecular weight excluding hydrogens is 184 g/mol. The number of hydrogen-bond donors (Lipinski definition) is 3. The van der Waals surface area contributed by atoms with Crippen molar-refractivity contribution in [2.45, 2.75) is 18.9 Å². The summed E-state index contributed by atoms with van der Waals surface area (Å²) in [6.45, 7) is 0. The van der Waals surface area contributed by atoms with Crippen molar-refractivity contribution in [3.63, 3.8) is 0 Å². The SMILES string of the molecule is O=C1CC[C@@H](O)c2c(O)ccc(O)c21. The predicted molar refractivity (Wildman–Crippen MR) is 48.3 cm³/mol. The molecule has 0 aliphatic heterocycles. The standard InChI is InChI=1S/C10H10O4/c11-5-1-2-6(12)10-8(14)4-3-7(13)9(5)10/h1-2,7,11-13H,3-4H2/t7-/m1/s1. The summed E-state index contributed by atoms with van der Waals surface area (Å²) < 4.78 is 0. The number of aliphatic hydroxyl groups excluding tert-OH is 1. The predicted octanol–water partition coefficient (Wildman–Crippen LogP) is 1.11. The minimum absolute atomic E-state index is 0.0590. The Bertz CT molecular complexity index is 397. The van der Waals surface area contributed by atoms with E-state index in [9.17, 15) is 20.1 Å². The zero-order valence-corrected chi connectivity index (χ0v) is 7.40. The normalized spacial score (nSPS) is 20.6. The van der Waals surface area contributed by atoms with E-state index in [0.717, 1.165) is 0 Å². The summed E-state index contributed by atoms with van der Waals surface area (Å²) in [7, 11) is 0. The van der Waals surface area contributed by atoms with E-state index < -0.39 is 6.10 Å². The van der Waals surface area contributed by atoms with Crippen LogP contribution >= 0.6 is 0 Å². The highest BCUT2D eigenvalue weighted by molar-refractivity contribution is 6.01. The van der Waals surface area contributed by atoms with Crippen LogP contribution in [0.15, 0.2) is 12.1 Å². The van der Waals surface area contributed by atoms with Crippen LogP contribution < -0.4 is 0 Å². The van der Waals surface area contributed by atoms with Crippen molar-refractivity contribution in [1.29, 1.82) is 0 Å². The van der Waals surface area contributed by atoms with Gasteiger partial charge in [-0.3, -0.25) is 4.79 Å². The van der Waals surface area contributed by atoms with Crippen molar-refractivity contribution in [2.24, 2.45) is 0 Å². The lowest BCUT2D eigenvalue weighted by Crippen LogP contribution is -2.15. The van der Waals surface area contributed by atoms with E-state index in [4.69, 9.17) is 0 Å². The molecule has 0 saturated heterocycles. The summed E-state index contributed by atoms with van der Waals surface area (Å²) in [4.78, 5) is 11.4. The van der Waals surface area contributed by atoms with Crippen LogP contribution in [-0.4, -0.2) is 21.1 Å². The van der Waals surface area contributed by atoms with Gasteiger partial charge in [-0.05, 0) is 18.6 Å². The summed E-state index contributed by atoms with van der Waals surface area (Å²) in [6, 6.07) is 2.53. The maximum Gasteiger partial charge on any atom is 0.167 e. The molecule has 0 radical (unpaired) electrons. The van der Waals surface area contributed by atoms with Crippen LogP contribution in [0, 0.1) is 0 Å². The third kappa shape index (κ3) is 1.15. The van der Waals surface area contributed by atoms with Gasteiger partial charge in [-0.25, -0.2) is 0 Å². The molecule has 3 N–H and O–H groups in total. The number of phenolic OH excluding ortho intramolecular Hbond substituents is 2. The first kappa shape index (κ1) is 9.02. The van der Waals surface area contributed by atoms with Crippen LogP contribution in [0.25, 0.3) is 0 Å². The quantitative estimate of drug-likeness (QED) is 0.540. The highest BCUT2D eigenvalue weighted by Crippen LogP contribution is 2.39. The van der Waals surface area contributed by atoms with Crippen LogP contribution in [0.2, 0.25) is 0 Å². The minimum Gasteiger partial charge on any atom is -0.508 e. The van der Waals surface area contributed by atoms with Gasteiger partial charge < -0.3 is 15.3 Å². The molecule has 1 aliphatic rings. The Morgan fingerprint density at radius 1 is 1.21 bits per heavy atom. The number of ketones is 1. The van der Waals surface area contributed by atoms with Gasteiger partial charge in [-0.15, -0.1) is 0 Å². The minimum atomic E-state index is -0.866. The first-order valence-corrected chi connectivity index (χ1v) is 4.37. The van der Waals surface area contributed by atoms with Crippen LogP contribution in [0.5, 0.6) is 11.5 Å². The molecule has 0 spiro atoms. The maximum atomic E-state index is 11.4. The number of hydrogen-bond acceptors (Lipinski definition) is 4. The number of fused-ring (bicyclic) bond motifs is 1. The van der Waals surface area contributed by atoms with E-state index in [2.05, 4.69) is 0 Å². The molecule has 0 amide bonds. The summed E-state index contributed by atoms with van der Waals surface area (Å²) in [5, 5.41) is 28.4. The van der Waals surface area contributed by atoms with Gasteiger partial charge in [-0.1, -0.05) is 0 Å². The lowest BCUT2D eigenvalue weighted by molar-refractivity contribution is 0.0887. The Hall–Kier alpha value is -1.55. The first-order valence-electron chi connectivity index (χ1n) is 4.37. The Labute approximate surface area is 80.4 Å². The maximum absolute atomic E-state index is 11.4. The number of phenols is 2. The second-order valence-electron chi connectivity index (χ2n) is 3.37. The van der Waals surface area contributed by atoms with Crippen LogP contribution in [0.1, 0.15) is 34.9 Å². The van der Waals surface area contributed by atoms with Crippen molar-refractivity contribution in [3.05, 3.63) is 23.3 Å². The fraction of sp³-hybridized carbons (Fsp3) is 0.300. The lowest BCUT2D eigenvalue weighted by atomic mass is 9.87. The van der Waals surface area contributed by atoms with E-state index in [0.29, 0.717) is 6.42 Å². The number of carbonyl (C=O) groups excluding carboxylic acids is 1. The molecule has 1 atom stereocenters. The van der Waals surface area contributed by atoms with Crippen LogP contribution in [-0.2, 0) is 0 Å². The van der Waals surface area contributed by atoms with Crippen molar-refractivity contribution in [3.8, 4) is 11.5 Å². The molecule has 1 aliphatic carbocycles. The fourth-order valence-corrected chi connectivity index (χ4v) is 1.76. The van der Waals surface area contributed by atoms with Gasteiger partial charge in [-0.2, -0.15) is 0 Å². The molecule has 4 nitrogen and oxygen atoms in total. The van der Waals surface area contributed by atoms with E-state index >= 15 is 0 Å². The lowest BCUT2D eigenvalue weighted by Gasteiger charge is -2.21. The van der Waals surface area contributed by atoms with Crippen LogP contribution in [0.4, 0.5) is 0 Å². The van der Waals surface area contributed by atoms with Gasteiger partial charge in [0.2, 0.25) is 0 Å². The van der Waals surface area contributed by atoms with Gasteiger partial charge in [0.25, 0.3) is 0 Å². The first-order chi connectivity index (χ1) is 6.61. The average molecular weight is 194 g/mol. The third-order valence-corrected chi connectivity index (χ3v) is 2.46. The highest BCUT2D eigenvalue weighted by atomic mass is 16.3. The summed E-state index contributed by atoms with van der Waals surface area (Å²) >= 11 is 0. The molecule has 0 bridgehead atoms. The molecular formula is C10H10O4. The molecule has 0 fully saturated rings. The second-order valence-corrected chi connectivity index (χ2v) is 3.37. The van der Waals surface area contributed by atoms with Gasteiger partial charge in [0, 0.05) is 12.0 Å². The zero-order chi connectivity index (χ0) is 10.3.